The van der Waals surface area contributed by atoms with Crippen molar-refractivity contribution in [3.05, 3.63) is 63.2 Å². The van der Waals surface area contributed by atoms with Gasteiger partial charge >= 0.3 is 0 Å². The van der Waals surface area contributed by atoms with Gasteiger partial charge in [0.2, 0.25) is 0 Å². The van der Waals surface area contributed by atoms with Gasteiger partial charge in [-0.2, -0.15) is 0 Å². The van der Waals surface area contributed by atoms with Crippen molar-refractivity contribution in [3.63, 3.8) is 0 Å². The minimum absolute atomic E-state index is 0.108. The van der Waals surface area contributed by atoms with E-state index in [1.807, 2.05) is 0 Å². The SMILES string of the molecule is COc1ccc(N=Cc2ccc(Cl)c([N+](=O)[O-])c2)cc1. The highest BCUT2D eigenvalue weighted by Crippen LogP contribution is 2.25. The number of benzene rings is 2. The fourth-order valence-corrected chi connectivity index (χ4v) is 1.75. The lowest BCUT2D eigenvalue weighted by molar-refractivity contribution is -0.384. The van der Waals surface area contributed by atoms with Gasteiger partial charge in [-0.25, -0.2) is 0 Å². The minimum atomic E-state index is -0.521. The van der Waals surface area contributed by atoms with Crippen LogP contribution in [0.25, 0.3) is 0 Å². The summed E-state index contributed by atoms with van der Waals surface area (Å²) in [5, 5.41) is 10.9. The molecule has 2 aromatic carbocycles. The molecule has 0 spiro atoms. The standard InChI is InChI=1S/C14H11ClN2O3/c1-20-12-5-3-11(4-6-12)16-9-10-2-7-13(15)14(8-10)17(18)19/h2-9H,1H3. The van der Waals surface area contributed by atoms with Crippen LogP contribution >= 0.6 is 11.6 Å². The Bertz CT molecular complexity index is 654. The van der Waals surface area contributed by atoms with Crippen LogP contribution in [0.15, 0.2) is 47.5 Å². The van der Waals surface area contributed by atoms with Crippen molar-refractivity contribution in [1.29, 1.82) is 0 Å². The maximum absolute atomic E-state index is 10.8. The average molecular weight is 291 g/mol. The Balaban J connectivity index is 2.22. The number of hydrogen-bond acceptors (Lipinski definition) is 4. The van der Waals surface area contributed by atoms with Crippen LogP contribution in [0.4, 0.5) is 11.4 Å². The van der Waals surface area contributed by atoms with E-state index < -0.39 is 4.92 Å². The Morgan fingerprint density at radius 2 is 1.95 bits per heavy atom. The van der Waals surface area contributed by atoms with Crippen molar-refractivity contribution < 1.29 is 9.66 Å². The van der Waals surface area contributed by atoms with Crippen LogP contribution in [-0.4, -0.2) is 18.2 Å². The van der Waals surface area contributed by atoms with Gasteiger partial charge < -0.3 is 4.74 Å². The highest BCUT2D eigenvalue weighted by molar-refractivity contribution is 6.32. The summed E-state index contributed by atoms with van der Waals surface area (Å²) < 4.78 is 5.05. The first-order valence-corrected chi connectivity index (χ1v) is 6.10. The molecule has 0 fully saturated rings. The van der Waals surface area contributed by atoms with Crippen molar-refractivity contribution in [1.82, 2.24) is 0 Å². The van der Waals surface area contributed by atoms with E-state index in [0.717, 1.165) is 11.4 Å². The van der Waals surface area contributed by atoms with E-state index in [1.165, 1.54) is 12.1 Å². The number of hydrogen-bond donors (Lipinski definition) is 0. The molecule has 102 valence electrons. The van der Waals surface area contributed by atoms with E-state index in [9.17, 15) is 10.1 Å². The van der Waals surface area contributed by atoms with Crippen molar-refractivity contribution >= 4 is 29.2 Å². The fraction of sp³-hybridized carbons (Fsp3) is 0.0714. The summed E-state index contributed by atoms with van der Waals surface area (Å²) in [5.74, 6) is 0.742. The van der Waals surface area contributed by atoms with Gasteiger partial charge in [0.05, 0.1) is 17.7 Å². The van der Waals surface area contributed by atoms with Crippen LogP contribution in [0.2, 0.25) is 5.02 Å². The number of nitro benzene ring substituents is 1. The van der Waals surface area contributed by atoms with Crippen LogP contribution in [-0.2, 0) is 0 Å². The first-order chi connectivity index (χ1) is 9.60. The number of methoxy groups -OCH3 is 1. The second-order valence-electron chi connectivity index (χ2n) is 3.92. The van der Waals surface area contributed by atoms with Crippen molar-refractivity contribution in [2.75, 3.05) is 7.11 Å². The van der Waals surface area contributed by atoms with Crippen molar-refractivity contribution in [2.45, 2.75) is 0 Å². The van der Waals surface area contributed by atoms with Gasteiger partial charge in [0.1, 0.15) is 10.8 Å². The van der Waals surface area contributed by atoms with E-state index in [4.69, 9.17) is 16.3 Å². The summed E-state index contributed by atoms with van der Waals surface area (Å²) >= 11 is 5.74. The van der Waals surface area contributed by atoms with Crippen molar-refractivity contribution in [3.8, 4) is 5.75 Å². The predicted octanol–water partition coefficient (Wildman–Crippen LogP) is 4.01. The molecule has 0 aliphatic rings. The second-order valence-corrected chi connectivity index (χ2v) is 4.33. The summed E-state index contributed by atoms with van der Waals surface area (Å²) in [5.41, 5.74) is 1.20. The third-order valence-corrected chi connectivity index (χ3v) is 2.92. The molecule has 0 heterocycles. The first kappa shape index (κ1) is 14.0. The smallest absolute Gasteiger partial charge is 0.288 e. The Kier molecular flexibility index (Phi) is 4.32. The number of ether oxygens (including phenoxy) is 1. The Morgan fingerprint density at radius 1 is 1.25 bits per heavy atom. The Morgan fingerprint density at radius 3 is 2.55 bits per heavy atom. The van der Waals surface area contributed by atoms with Gasteiger partial charge in [-0.15, -0.1) is 0 Å². The lowest BCUT2D eigenvalue weighted by Gasteiger charge is -1.99. The molecule has 0 aliphatic carbocycles. The molecule has 0 aromatic heterocycles. The summed E-state index contributed by atoms with van der Waals surface area (Å²) in [6.45, 7) is 0. The van der Waals surface area contributed by atoms with Gasteiger partial charge in [-0.05, 0) is 35.9 Å². The average Bonchev–Trinajstić information content (AvgIpc) is 2.46. The quantitative estimate of drug-likeness (QED) is 0.485. The number of aliphatic imine (C=N–C) groups is 1. The third kappa shape index (κ3) is 3.33. The summed E-state index contributed by atoms with van der Waals surface area (Å²) in [6, 6.07) is 11.7. The van der Waals surface area contributed by atoms with E-state index in [-0.39, 0.29) is 10.7 Å². The summed E-state index contributed by atoms with van der Waals surface area (Å²) in [7, 11) is 1.59. The zero-order chi connectivity index (χ0) is 14.5. The fourth-order valence-electron chi connectivity index (χ4n) is 1.57. The van der Waals surface area contributed by atoms with E-state index in [1.54, 1.807) is 43.7 Å². The molecule has 0 amide bonds. The minimum Gasteiger partial charge on any atom is -0.497 e. The van der Waals surface area contributed by atoms with Crippen LogP contribution < -0.4 is 4.74 Å². The molecule has 0 aliphatic heterocycles. The normalized spacial score (nSPS) is 10.7. The first-order valence-electron chi connectivity index (χ1n) is 5.72. The Labute approximate surface area is 120 Å². The lowest BCUT2D eigenvalue weighted by Crippen LogP contribution is -1.91. The monoisotopic (exact) mass is 290 g/mol. The van der Waals surface area contributed by atoms with E-state index >= 15 is 0 Å². The molecule has 0 bridgehead atoms. The predicted molar refractivity (Wildman–Crippen MR) is 78.4 cm³/mol. The highest BCUT2D eigenvalue weighted by Gasteiger charge is 2.11. The maximum atomic E-state index is 10.8. The number of nitro groups is 1. The van der Waals surface area contributed by atoms with Gasteiger partial charge in [-0.3, -0.25) is 15.1 Å². The number of rotatable bonds is 4. The van der Waals surface area contributed by atoms with Crippen LogP contribution in [0.3, 0.4) is 0 Å². The Hall–Kier alpha value is -2.40. The number of halogens is 1. The van der Waals surface area contributed by atoms with Crippen LogP contribution in [0.1, 0.15) is 5.56 Å². The third-order valence-electron chi connectivity index (χ3n) is 2.60. The van der Waals surface area contributed by atoms with Gasteiger partial charge in [-0.1, -0.05) is 17.7 Å². The van der Waals surface area contributed by atoms with Gasteiger partial charge in [0, 0.05) is 12.3 Å². The molecule has 0 radical (unpaired) electrons. The maximum Gasteiger partial charge on any atom is 0.288 e. The molecule has 2 aromatic rings. The highest BCUT2D eigenvalue weighted by atomic mass is 35.5. The van der Waals surface area contributed by atoms with Gasteiger partial charge in [0.15, 0.2) is 0 Å². The molecular formula is C14H11ClN2O3. The summed E-state index contributed by atoms with van der Waals surface area (Å²) in [6.07, 6.45) is 1.55. The van der Waals surface area contributed by atoms with E-state index in [0.29, 0.717) is 5.56 Å². The molecule has 0 saturated carbocycles. The molecular weight excluding hydrogens is 280 g/mol. The van der Waals surface area contributed by atoms with Crippen molar-refractivity contribution in [2.24, 2.45) is 4.99 Å². The number of nitrogens with zero attached hydrogens (tertiary/aromatic N) is 2. The summed E-state index contributed by atoms with van der Waals surface area (Å²) in [4.78, 5) is 14.5. The topological polar surface area (TPSA) is 64.7 Å². The molecule has 0 N–H and O–H groups in total. The largest absolute Gasteiger partial charge is 0.497 e. The molecule has 0 unspecified atom stereocenters. The van der Waals surface area contributed by atoms with Crippen LogP contribution in [0, 0.1) is 10.1 Å². The molecule has 5 nitrogen and oxygen atoms in total. The zero-order valence-corrected chi connectivity index (χ0v) is 11.4. The van der Waals surface area contributed by atoms with Gasteiger partial charge in [0.25, 0.3) is 5.69 Å². The second kappa shape index (κ2) is 6.16. The lowest BCUT2D eigenvalue weighted by atomic mass is 10.2. The van der Waals surface area contributed by atoms with E-state index in [2.05, 4.69) is 4.99 Å². The molecule has 0 saturated heterocycles. The molecule has 20 heavy (non-hydrogen) atoms. The zero-order valence-electron chi connectivity index (χ0n) is 10.6. The molecule has 2 rings (SSSR count). The molecule has 6 heteroatoms. The van der Waals surface area contributed by atoms with Crippen LogP contribution in [0.5, 0.6) is 5.75 Å². The molecule has 0 atom stereocenters.